The van der Waals surface area contributed by atoms with Crippen LogP contribution in [0.15, 0.2) is 60.7 Å². The number of hydrogen-bond acceptors (Lipinski definition) is 4. The van der Waals surface area contributed by atoms with Crippen LogP contribution < -0.4 is 9.64 Å². The van der Waals surface area contributed by atoms with Gasteiger partial charge in [-0.15, -0.1) is 0 Å². The van der Waals surface area contributed by atoms with Gasteiger partial charge in [0.2, 0.25) is 0 Å². The van der Waals surface area contributed by atoms with Crippen molar-refractivity contribution in [3.63, 3.8) is 0 Å². The van der Waals surface area contributed by atoms with Crippen LogP contribution >= 0.6 is 0 Å². The third kappa shape index (κ3) is 4.76. The van der Waals surface area contributed by atoms with Crippen molar-refractivity contribution in [1.29, 1.82) is 0 Å². The van der Waals surface area contributed by atoms with Crippen molar-refractivity contribution in [3.8, 4) is 5.75 Å². The van der Waals surface area contributed by atoms with Crippen LogP contribution in [0.4, 0.5) is 18.9 Å². The Bertz CT molecular complexity index is 1240. The number of alkyl halides is 3. The molecule has 0 aliphatic carbocycles. The number of methoxy groups -OCH3 is 1. The molecule has 0 bridgehead atoms. The monoisotopic (exact) mass is 469 g/mol. The number of benzene rings is 3. The summed E-state index contributed by atoms with van der Waals surface area (Å²) in [4.78, 5) is 25.9. The van der Waals surface area contributed by atoms with Gasteiger partial charge in [0.1, 0.15) is 12.4 Å². The molecule has 0 atom stereocenters. The quantitative estimate of drug-likeness (QED) is 0.450. The molecule has 176 valence electrons. The van der Waals surface area contributed by atoms with Gasteiger partial charge >= 0.3 is 12.1 Å². The molecule has 5 nitrogen and oxygen atoms in total. The maximum absolute atomic E-state index is 12.9. The van der Waals surface area contributed by atoms with E-state index in [9.17, 15) is 22.8 Å². The van der Waals surface area contributed by atoms with E-state index in [-0.39, 0.29) is 31.4 Å². The second-order valence-corrected chi connectivity index (χ2v) is 8.01. The largest absolute Gasteiger partial charge is 0.489 e. The zero-order valence-electron chi connectivity index (χ0n) is 18.6. The van der Waals surface area contributed by atoms with Crippen molar-refractivity contribution in [2.45, 2.75) is 32.7 Å². The van der Waals surface area contributed by atoms with E-state index in [1.54, 1.807) is 18.2 Å². The Hall–Kier alpha value is -3.81. The smallest absolute Gasteiger partial charge is 0.416 e. The number of esters is 1. The standard InChI is InChI=1S/C26H22F3NO4/c1-16-12-21(11-6-17(16)13-24(31)33-2)34-15-18-4-3-5-22-23(18)14-30(25(22)32)20-9-7-19(8-10-20)26(27,28)29/h3-12H,13-15H2,1-2H3. The van der Waals surface area contributed by atoms with Crippen LogP contribution in [0, 0.1) is 6.92 Å². The average Bonchev–Trinajstić information content (AvgIpc) is 3.15. The van der Waals surface area contributed by atoms with E-state index >= 15 is 0 Å². The first-order valence-corrected chi connectivity index (χ1v) is 10.6. The van der Waals surface area contributed by atoms with Gasteiger partial charge in [0, 0.05) is 11.3 Å². The molecule has 0 fully saturated rings. The minimum Gasteiger partial charge on any atom is -0.489 e. The highest BCUT2D eigenvalue weighted by Gasteiger charge is 2.33. The van der Waals surface area contributed by atoms with Crippen LogP contribution in [0.25, 0.3) is 0 Å². The molecule has 0 unspecified atom stereocenters. The summed E-state index contributed by atoms with van der Waals surface area (Å²) in [5.74, 6) is 0.0335. The average molecular weight is 469 g/mol. The predicted molar refractivity (Wildman–Crippen MR) is 120 cm³/mol. The van der Waals surface area contributed by atoms with Crippen molar-refractivity contribution < 1.29 is 32.2 Å². The number of ether oxygens (including phenoxy) is 2. The minimum absolute atomic E-state index is 0.177. The van der Waals surface area contributed by atoms with Gasteiger partial charge in [-0.2, -0.15) is 13.2 Å². The van der Waals surface area contributed by atoms with Gasteiger partial charge in [-0.05, 0) is 71.6 Å². The maximum Gasteiger partial charge on any atom is 0.416 e. The zero-order valence-corrected chi connectivity index (χ0v) is 18.6. The number of rotatable bonds is 6. The van der Waals surface area contributed by atoms with E-state index in [1.165, 1.54) is 24.1 Å². The SMILES string of the molecule is COC(=O)Cc1ccc(OCc2cccc3c2CN(c2ccc(C(F)(F)F)cc2)C3=O)cc1C. The number of anilines is 1. The highest BCUT2D eigenvalue weighted by atomic mass is 19.4. The number of hydrogen-bond donors (Lipinski definition) is 0. The fraction of sp³-hybridized carbons (Fsp3) is 0.231. The van der Waals surface area contributed by atoms with Crippen LogP contribution in [-0.2, 0) is 35.3 Å². The van der Waals surface area contributed by atoms with Gasteiger partial charge in [0.25, 0.3) is 5.91 Å². The third-order valence-corrected chi connectivity index (χ3v) is 5.84. The van der Waals surface area contributed by atoms with Crippen LogP contribution in [-0.4, -0.2) is 19.0 Å². The first-order valence-electron chi connectivity index (χ1n) is 10.6. The number of halogens is 3. The number of amides is 1. The topological polar surface area (TPSA) is 55.8 Å². The van der Waals surface area contributed by atoms with Gasteiger partial charge in [-0.3, -0.25) is 9.59 Å². The zero-order chi connectivity index (χ0) is 24.5. The number of aryl methyl sites for hydroxylation is 1. The second-order valence-electron chi connectivity index (χ2n) is 8.01. The molecule has 0 spiro atoms. The summed E-state index contributed by atoms with van der Waals surface area (Å²) < 4.78 is 49.3. The Kier molecular flexibility index (Phi) is 6.32. The van der Waals surface area contributed by atoms with E-state index in [4.69, 9.17) is 9.47 Å². The molecule has 0 saturated carbocycles. The van der Waals surface area contributed by atoms with Crippen molar-refractivity contribution >= 4 is 17.6 Å². The van der Waals surface area contributed by atoms with Gasteiger partial charge in [0.15, 0.2) is 0 Å². The molecular formula is C26H22F3NO4. The third-order valence-electron chi connectivity index (χ3n) is 5.84. The van der Waals surface area contributed by atoms with Gasteiger partial charge in [0.05, 0.1) is 25.6 Å². The lowest BCUT2D eigenvalue weighted by atomic mass is 10.0. The molecule has 0 N–H and O–H groups in total. The summed E-state index contributed by atoms with van der Waals surface area (Å²) in [5.41, 5.74) is 3.48. The Morgan fingerprint density at radius 1 is 1.03 bits per heavy atom. The summed E-state index contributed by atoms with van der Waals surface area (Å²) in [5, 5.41) is 0. The molecule has 1 amide bonds. The molecular weight excluding hydrogens is 447 g/mol. The number of fused-ring (bicyclic) bond motifs is 1. The number of carbonyl (C=O) groups is 2. The van der Waals surface area contributed by atoms with Crippen LogP contribution in [0.1, 0.15) is 38.2 Å². The molecule has 4 rings (SSSR count). The predicted octanol–water partition coefficient (Wildman–Crippen LogP) is 5.47. The number of nitrogens with zero attached hydrogens (tertiary/aromatic N) is 1. The molecule has 0 radical (unpaired) electrons. The molecule has 3 aromatic carbocycles. The summed E-state index contributed by atoms with van der Waals surface area (Å²) in [6.45, 7) is 2.34. The highest BCUT2D eigenvalue weighted by Crippen LogP contribution is 2.34. The van der Waals surface area contributed by atoms with Crippen molar-refractivity contribution in [2.24, 2.45) is 0 Å². The molecule has 1 aliphatic heterocycles. The van der Waals surface area contributed by atoms with Crippen LogP contribution in [0.5, 0.6) is 5.75 Å². The molecule has 0 saturated heterocycles. The molecule has 34 heavy (non-hydrogen) atoms. The fourth-order valence-corrected chi connectivity index (χ4v) is 3.92. The van der Waals surface area contributed by atoms with Crippen LogP contribution in [0.3, 0.4) is 0 Å². The Balaban J connectivity index is 1.49. The molecule has 0 aromatic heterocycles. The van der Waals surface area contributed by atoms with E-state index in [1.807, 2.05) is 25.1 Å². The Morgan fingerprint density at radius 2 is 1.76 bits per heavy atom. The Labute approximate surface area is 194 Å². The highest BCUT2D eigenvalue weighted by molar-refractivity contribution is 6.10. The first kappa shape index (κ1) is 23.4. The maximum atomic E-state index is 12.9. The minimum atomic E-state index is -4.43. The van der Waals surface area contributed by atoms with Gasteiger partial charge in [-0.25, -0.2) is 0 Å². The molecule has 3 aromatic rings. The molecule has 1 aliphatic rings. The summed E-state index contributed by atoms with van der Waals surface area (Å²) in [6, 6.07) is 15.3. The van der Waals surface area contributed by atoms with E-state index in [0.717, 1.165) is 34.4 Å². The second kappa shape index (κ2) is 9.21. The molecule has 8 heteroatoms. The van der Waals surface area contributed by atoms with E-state index in [2.05, 4.69) is 0 Å². The molecule has 1 heterocycles. The first-order chi connectivity index (χ1) is 16.2. The van der Waals surface area contributed by atoms with Crippen LogP contribution in [0.2, 0.25) is 0 Å². The van der Waals surface area contributed by atoms with Crippen molar-refractivity contribution in [1.82, 2.24) is 0 Å². The normalized spacial score (nSPS) is 13.1. The van der Waals surface area contributed by atoms with Gasteiger partial charge in [-0.1, -0.05) is 18.2 Å². The Morgan fingerprint density at radius 3 is 2.41 bits per heavy atom. The van der Waals surface area contributed by atoms with Gasteiger partial charge < -0.3 is 14.4 Å². The van der Waals surface area contributed by atoms with Crippen molar-refractivity contribution in [3.05, 3.63) is 94.0 Å². The summed E-state index contributed by atoms with van der Waals surface area (Å²) in [7, 11) is 1.34. The lowest BCUT2D eigenvalue weighted by Crippen LogP contribution is -2.23. The fourth-order valence-electron chi connectivity index (χ4n) is 3.92. The number of carbonyl (C=O) groups excluding carboxylic acids is 2. The lowest BCUT2D eigenvalue weighted by molar-refractivity contribution is -0.140. The lowest BCUT2D eigenvalue weighted by Gasteiger charge is -2.17. The van der Waals surface area contributed by atoms with Crippen molar-refractivity contribution in [2.75, 3.05) is 12.0 Å². The summed E-state index contributed by atoms with van der Waals surface area (Å²) >= 11 is 0. The summed E-state index contributed by atoms with van der Waals surface area (Å²) in [6.07, 6.45) is -4.26. The van der Waals surface area contributed by atoms with E-state index < -0.39 is 11.7 Å². The van der Waals surface area contributed by atoms with E-state index in [0.29, 0.717) is 17.0 Å².